The number of anilines is 1. The fraction of sp³-hybridized carbons (Fsp3) is 0. The van der Waals surface area contributed by atoms with E-state index in [0.717, 1.165) is 6.07 Å². The zero-order valence-electron chi connectivity index (χ0n) is 8.35. The van der Waals surface area contributed by atoms with Gasteiger partial charge in [0.2, 0.25) is 5.82 Å². The number of halogens is 1. The van der Waals surface area contributed by atoms with Crippen molar-refractivity contribution in [3.63, 3.8) is 0 Å². The van der Waals surface area contributed by atoms with Crippen molar-refractivity contribution in [3.05, 3.63) is 34.3 Å². The van der Waals surface area contributed by atoms with Crippen LogP contribution in [0.25, 0.3) is 11.1 Å². The first kappa shape index (κ1) is 10.9. The molecule has 0 bridgehead atoms. The molecule has 0 aliphatic rings. The van der Waals surface area contributed by atoms with Gasteiger partial charge >= 0.3 is 5.69 Å². The van der Waals surface area contributed by atoms with Crippen LogP contribution in [0, 0.1) is 15.9 Å². The highest BCUT2D eigenvalue weighted by Crippen LogP contribution is 2.36. The summed E-state index contributed by atoms with van der Waals surface area (Å²) in [5, 5.41) is 26.1. The average Bonchev–Trinajstić information content (AvgIpc) is 2.64. The summed E-state index contributed by atoms with van der Waals surface area (Å²) in [7, 11) is 0. The van der Waals surface area contributed by atoms with Gasteiger partial charge in [-0.2, -0.15) is 9.49 Å². The number of nitrogens with zero attached hydrogens (tertiary/aromatic N) is 2. The number of hydrogen-bond acceptors (Lipinski definition) is 5. The van der Waals surface area contributed by atoms with E-state index in [1.807, 2.05) is 0 Å². The Morgan fingerprint density at radius 2 is 2.18 bits per heavy atom. The summed E-state index contributed by atoms with van der Waals surface area (Å²) in [6.07, 6.45) is 1.28. The van der Waals surface area contributed by atoms with Crippen molar-refractivity contribution >= 4 is 11.5 Å². The maximum Gasteiger partial charge on any atom is 0.305 e. The van der Waals surface area contributed by atoms with Gasteiger partial charge in [-0.1, -0.05) is 0 Å². The molecule has 1 aromatic heterocycles. The lowest BCUT2D eigenvalue weighted by atomic mass is 10.1. The minimum atomic E-state index is -1.11. The van der Waals surface area contributed by atoms with E-state index < -0.39 is 22.2 Å². The van der Waals surface area contributed by atoms with Crippen LogP contribution in [0.15, 0.2) is 18.3 Å². The monoisotopic (exact) mass is 238 g/mol. The number of nitro benzene ring substituents is 1. The van der Waals surface area contributed by atoms with Crippen LogP contribution in [0.4, 0.5) is 15.9 Å². The number of nitro groups is 1. The van der Waals surface area contributed by atoms with Crippen molar-refractivity contribution in [2.75, 3.05) is 5.73 Å². The highest BCUT2D eigenvalue weighted by molar-refractivity contribution is 5.79. The average molecular weight is 238 g/mol. The Morgan fingerprint density at radius 3 is 2.71 bits per heavy atom. The molecule has 2 rings (SSSR count). The first-order valence-corrected chi connectivity index (χ1v) is 4.47. The molecule has 0 radical (unpaired) electrons. The molecule has 4 N–H and O–H groups in total. The Kier molecular flexibility index (Phi) is 2.39. The Labute approximate surface area is 93.8 Å². The van der Waals surface area contributed by atoms with Crippen molar-refractivity contribution in [3.8, 4) is 16.9 Å². The number of phenolic OH excluding ortho intramolecular Hbond substituents is 1. The van der Waals surface area contributed by atoms with Gasteiger partial charge < -0.3 is 10.8 Å². The minimum absolute atomic E-state index is 0.0457. The number of nitrogen functional groups attached to an aromatic ring is 1. The van der Waals surface area contributed by atoms with Gasteiger partial charge in [0.15, 0.2) is 0 Å². The fourth-order valence-electron chi connectivity index (χ4n) is 1.42. The number of aromatic nitrogens is 2. The Bertz CT molecular complexity index is 596. The maximum atomic E-state index is 13.2. The summed E-state index contributed by atoms with van der Waals surface area (Å²) in [6.45, 7) is 0. The van der Waals surface area contributed by atoms with Crippen molar-refractivity contribution in [2.24, 2.45) is 0 Å². The third-order valence-electron chi connectivity index (χ3n) is 2.22. The molecule has 0 amide bonds. The van der Waals surface area contributed by atoms with E-state index in [1.54, 1.807) is 0 Å². The summed E-state index contributed by atoms with van der Waals surface area (Å²) < 4.78 is 13.2. The molecule has 88 valence electrons. The van der Waals surface area contributed by atoms with Gasteiger partial charge in [-0.15, -0.1) is 0 Å². The molecule has 0 aliphatic heterocycles. The molecule has 8 heteroatoms. The molecule has 2 aromatic rings. The highest BCUT2D eigenvalue weighted by atomic mass is 19.1. The number of phenols is 1. The molecular weight excluding hydrogens is 231 g/mol. The molecule has 0 fully saturated rings. The molecule has 0 spiro atoms. The number of aromatic hydroxyl groups is 1. The van der Waals surface area contributed by atoms with E-state index >= 15 is 0 Å². The van der Waals surface area contributed by atoms with Crippen molar-refractivity contribution in [2.45, 2.75) is 0 Å². The number of rotatable bonds is 2. The van der Waals surface area contributed by atoms with Crippen molar-refractivity contribution in [1.82, 2.24) is 10.2 Å². The van der Waals surface area contributed by atoms with E-state index in [1.165, 1.54) is 6.20 Å². The Morgan fingerprint density at radius 1 is 1.47 bits per heavy atom. The Hall–Kier alpha value is -2.64. The summed E-state index contributed by atoms with van der Waals surface area (Å²) in [5.74, 6) is -1.43. The summed E-state index contributed by atoms with van der Waals surface area (Å²) in [4.78, 5) is 9.69. The van der Waals surface area contributed by atoms with Crippen LogP contribution in [0.2, 0.25) is 0 Å². The van der Waals surface area contributed by atoms with E-state index in [-0.39, 0.29) is 16.9 Å². The van der Waals surface area contributed by atoms with Crippen LogP contribution in [0.5, 0.6) is 5.75 Å². The maximum absolute atomic E-state index is 13.2. The van der Waals surface area contributed by atoms with E-state index in [2.05, 4.69) is 10.2 Å². The van der Waals surface area contributed by atoms with Gasteiger partial charge in [0.05, 0.1) is 11.1 Å². The zero-order valence-corrected chi connectivity index (χ0v) is 8.35. The number of benzene rings is 1. The topological polar surface area (TPSA) is 118 Å². The van der Waals surface area contributed by atoms with E-state index in [9.17, 15) is 19.6 Å². The molecule has 0 saturated carbocycles. The lowest BCUT2D eigenvalue weighted by Crippen LogP contribution is -1.94. The van der Waals surface area contributed by atoms with Crippen LogP contribution in [-0.2, 0) is 0 Å². The first-order valence-electron chi connectivity index (χ1n) is 4.47. The molecule has 0 aliphatic carbocycles. The normalized spacial score (nSPS) is 10.4. The van der Waals surface area contributed by atoms with Crippen molar-refractivity contribution < 1.29 is 14.4 Å². The van der Waals surface area contributed by atoms with E-state index in [0.29, 0.717) is 6.07 Å². The number of hydrogen-bond donors (Lipinski definition) is 3. The van der Waals surface area contributed by atoms with Crippen LogP contribution in [0.1, 0.15) is 0 Å². The largest absolute Gasteiger partial charge is 0.507 e. The second-order valence-corrected chi connectivity index (χ2v) is 3.28. The summed E-state index contributed by atoms with van der Waals surface area (Å²) in [6, 6.07) is 1.58. The number of nitrogens with one attached hydrogen (secondary N) is 1. The quantitative estimate of drug-likeness (QED) is 0.540. The lowest BCUT2D eigenvalue weighted by Gasteiger charge is -2.03. The first-order chi connectivity index (χ1) is 8.00. The standard InChI is InChI=1S/C9H7FN4O3/c10-6-2-8(15)4(1-7(6)14(16)17)5-3-12-13-9(5)11/h1-3,15H,(H3,11,12,13). The Balaban J connectivity index is 2.67. The SMILES string of the molecule is Nc1[nH]ncc1-c1cc([N+](=O)[O-])c(F)cc1O. The van der Waals surface area contributed by atoms with Crippen molar-refractivity contribution in [1.29, 1.82) is 0 Å². The second kappa shape index (κ2) is 3.74. The molecule has 17 heavy (non-hydrogen) atoms. The third kappa shape index (κ3) is 1.75. The smallest absolute Gasteiger partial charge is 0.305 e. The molecule has 0 atom stereocenters. The molecule has 0 unspecified atom stereocenters. The summed E-state index contributed by atoms with van der Waals surface area (Å²) >= 11 is 0. The van der Waals surface area contributed by atoms with Gasteiger partial charge in [0.1, 0.15) is 11.6 Å². The molecule has 0 saturated heterocycles. The number of H-pyrrole nitrogens is 1. The van der Waals surface area contributed by atoms with Crippen LogP contribution in [-0.4, -0.2) is 20.2 Å². The van der Waals surface area contributed by atoms with Gasteiger partial charge in [-0.25, -0.2) is 0 Å². The summed E-state index contributed by atoms with van der Waals surface area (Å²) in [5.41, 5.74) is 5.09. The fourth-order valence-corrected chi connectivity index (χ4v) is 1.42. The number of aromatic amines is 1. The number of nitrogens with two attached hydrogens (primary N) is 1. The minimum Gasteiger partial charge on any atom is -0.507 e. The molecule has 1 aromatic carbocycles. The molecular formula is C9H7FN4O3. The highest BCUT2D eigenvalue weighted by Gasteiger charge is 2.20. The van der Waals surface area contributed by atoms with E-state index in [4.69, 9.17) is 5.73 Å². The predicted molar refractivity (Wildman–Crippen MR) is 56.7 cm³/mol. The molecule has 7 nitrogen and oxygen atoms in total. The van der Waals surface area contributed by atoms with Gasteiger partial charge in [-0.3, -0.25) is 15.2 Å². The zero-order chi connectivity index (χ0) is 12.6. The van der Waals surface area contributed by atoms with Crippen LogP contribution in [0.3, 0.4) is 0 Å². The third-order valence-corrected chi connectivity index (χ3v) is 2.22. The molecule has 1 heterocycles. The van der Waals surface area contributed by atoms with Gasteiger partial charge in [-0.05, 0) is 0 Å². The van der Waals surface area contributed by atoms with Crippen LogP contribution < -0.4 is 5.73 Å². The van der Waals surface area contributed by atoms with Gasteiger partial charge in [0, 0.05) is 23.3 Å². The van der Waals surface area contributed by atoms with Gasteiger partial charge in [0.25, 0.3) is 0 Å². The second-order valence-electron chi connectivity index (χ2n) is 3.28. The van der Waals surface area contributed by atoms with Crippen LogP contribution >= 0.6 is 0 Å². The lowest BCUT2D eigenvalue weighted by molar-refractivity contribution is -0.387. The predicted octanol–water partition coefficient (Wildman–Crippen LogP) is 1.41.